The maximum atomic E-state index is 12.3. The van der Waals surface area contributed by atoms with E-state index in [4.69, 9.17) is 4.74 Å². The van der Waals surface area contributed by atoms with Crippen molar-refractivity contribution >= 4 is 23.3 Å². The van der Waals surface area contributed by atoms with Gasteiger partial charge in [0.15, 0.2) is 0 Å². The summed E-state index contributed by atoms with van der Waals surface area (Å²) in [6.07, 6.45) is 0. The van der Waals surface area contributed by atoms with Crippen LogP contribution in [0.1, 0.15) is 22.5 Å². The summed E-state index contributed by atoms with van der Waals surface area (Å²) in [6.45, 7) is 5.88. The van der Waals surface area contributed by atoms with E-state index < -0.39 is 5.54 Å². The van der Waals surface area contributed by atoms with E-state index in [2.05, 4.69) is 10.3 Å². The minimum Gasteiger partial charge on any atom is -0.382 e. The lowest BCUT2D eigenvalue weighted by Gasteiger charge is -2.20. The molecule has 3 amide bonds. The number of aryl methyl sites for hydroxylation is 2. The smallest absolute Gasteiger partial charge is 0.325 e. The molecule has 1 N–H and O–H groups in total. The summed E-state index contributed by atoms with van der Waals surface area (Å²) < 4.78 is 5.00. The molecule has 1 unspecified atom stereocenters. The number of imide groups is 1. The normalized spacial score (nSPS) is 23.1. The van der Waals surface area contributed by atoms with Crippen LogP contribution < -0.4 is 5.32 Å². The molecule has 0 bridgehead atoms. The Labute approximate surface area is 115 Å². The molecular weight excluding hydrogens is 266 g/mol. The first-order valence-electron chi connectivity index (χ1n) is 5.93. The maximum absolute atomic E-state index is 12.3. The highest BCUT2D eigenvalue weighted by Crippen LogP contribution is 2.24. The minimum atomic E-state index is -0.973. The Morgan fingerprint density at radius 1 is 1.42 bits per heavy atom. The molecule has 0 radical (unpaired) electrons. The molecule has 1 atom stereocenters. The van der Waals surface area contributed by atoms with Crippen LogP contribution in [0.5, 0.6) is 0 Å². The molecule has 104 valence electrons. The molecule has 2 heterocycles. The lowest BCUT2D eigenvalue weighted by atomic mass is 10.0. The average Bonchev–Trinajstić information content (AvgIpc) is 2.72. The van der Waals surface area contributed by atoms with Crippen molar-refractivity contribution in [2.45, 2.75) is 32.9 Å². The number of carbonyl (C=O) groups is 2. The molecule has 7 heteroatoms. The minimum absolute atomic E-state index is 0.161. The fourth-order valence-electron chi connectivity index (χ4n) is 2.14. The lowest BCUT2D eigenvalue weighted by Crippen LogP contribution is -2.47. The zero-order valence-corrected chi connectivity index (χ0v) is 12.3. The van der Waals surface area contributed by atoms with Gasteiger partial charge >= 0.3 is 6.03 Å². The predicted octanol–water partition coefficient (Wildman–Crippen LogP) is 1.22. The fraction of sp³-hybridized carbons (Fsp3) is 0.583. The monoisotopic (exact) mass is 283 g/mol. The Balaban J connectivity index is 2.20. The van der Waals surface area contributed by atoms with Gasteiger partial charge in [-0.3, -0.25) is 9.69 Å². The van der Waals surface area contributed by atoms with Crippen LogP contribution >= 0.6 is 11.3 Å². The highest BCUT2D eigenvalue weighted by atomic mass is 32.1. The van der Waals surface area contributed by atoms with Crippen LogP contribution in [-0.2, 0) is 16.1 Å². The van der Waals surface area contributed by atoms with Gasteiger partial charge < -0.3 is 10.1 Å². The number of rotatable bonds is 4. The molecule has 1 aromatic heterocycles. The van der Waals surface area contributed by atoms with Gasteiger partial charge in [-0.05, 0) is 20.8 Å². The van der Waals surface area contributed by atoms with Crippen molar-refractivity contribution in [2.75, 3.05) is 13.7 Å². The zero-order valence-electron chi connectivity index (χ0n) is 11.4. The van der Waals surface area contributed by atoms with Crippen molar-refractivity contribution < 1.29 is 14.3 Å². The van der Waals surface area contributed by atoms with E-state index >= 15 is 0 Å². The molecule has 0 aliphatic carbocycles. The molecule has 1 aliphatic heterocycles. The first kappa shape index (κ1) is 14.0. The van der Waals surface area contributed by atoms with Crippen LogP contribution in [0, 0.1) is 13.8 Å². The largest absolute Gasteiger partial charge is 0.382 e. The SMILES string of the molecule is COCC1(C)NC(=O)N(Cc2sc(C)nc2C)C1=O. The number of aromatic nitrogens is 1. The number of nitrogens with one attached hydrogen (secondary N) is 1. The summed E-state index contributed by atoms with van der Waals surface area (Å²) in [5.41, 5.74) is -0.108. The van der Waals surface area contributed by atoms with Gasteiger partial charge in [-0.25, -0.2) is 9.78 Å². The number of hydrogen-bond acceptors (Lipinski definition) is 5. The van der Waals surface area contributed by atoms with Crippen LogP contribution in [0.4, 0.5) is 4.79 Å². The average molecular weight is 283 g/mol. The Hall–Kier alpha value is -1.47. The quantitative estimate of drug-likeness (QED) is 0.843. The Kier molecular flexibility index (Phi) is 3.60. The van der Waals surface area contributed by atoms with Crippen molar-refractivity contribution in [1.29, 1.82) is 0 Å². The summed E-state index contributed by atoms with van der Waals surface area (Å²) in [7, 11) is 1.50. The Morgan fingerprint density at radius 2 is 2.11 bits per heavy atom. The number of urea groups is 1. The van der Waals surface area contributed by atoms with Gasteiger partial charge in [0.1, 0.15) is 5.54 Å². The topological polar surface area (TPSA) is 71.5 Å². The van der Waals surface area contributed by atoms with E-state index in [-0.39, 0.29) is 25.1 Å². The molecule has 1 fully saturated rings. The molecular formula is C12H17N3O3S. The molecule has 19 heavy (non-hydrogen) atoms. The number of amides is 3. The Bertz CT molecular complexity index is 528. The van der Waals surface area contributed by atoms with Crippen LogP contribution in [0.15, 0.2) is 0 Å². The van der Waals surface area contributed by atoms with Crippen molar-refractivity contribution in [1.82, 2.24) is 15.2 Å². The van der Waals surface area contributed by atoms with Gasteiger partial charge in [0.25, 0.3) is 5.91 Å². The van der Waals surface area contributed by atoms with Crippen molar-refractivity contribution in [3.8, 4) is 0 Å². The van der Waals surface area contributed by atoms with E-state index in [1.807, 2.05) is 13.8 Å². The van der Waals surface area contributed by atoms with E-state index in [1.54, 1.807) is 6.92 Å². The molecule has 2 rings (SSSR count). The summed E-state index contributed by atoms with van der Waals surface area (Å²) in [4.78, 5) is 30.7. The first-order chi connectivity index (χ1) is 8.87. The van der Waals surface area contributed by atoms with Gasteiger partial charge in [0.05, 0.1) is 23.9 Å². The van der Waals surface area contributed by atoms with Crippen LogP contribution in [0.25, 0.3) is 0 Å². The number of carbonyl (C=O) groups excluding carboxylic acids is 2. The van der Waals surface area contributed by atoms with Gasteiger partial charge in [0, 0.05) is 12.0 Å². The summed E-state index contributed by atoms with van der Waals surface area (Å²) >= 11 is 1.50. The third-order valence-corrected chi connectivity index (χ3v) is 4.14. The van der Waals surface area contributed by atoms with Gasteiger partial charge in [-0.2, -0.15) is 0 Å². The second-order valence-corrected chi connectivity index (χ2v) is 6.12. The standard InChI is InChI=1S/C12H17N3O3S/c1-7-9(19-8(2)13-7)5-15-10(16)12(3,6-18-4)14-11(15)17/h5-6H2,1-4H3,(H,14,17). The second-order valence-electron chi connectivity index (χ2n) is 4.83. The van der Waals surface area contributed by atoms with Crippen LogP contribution in [0.2, 0.25) is 0 Å². The molecule has 0 aromatic carbocycles. The zero-order chi connectivity index (χ0) is 14.2. The van der Waals surface area contributed by atoms with Crippen LogP contribution in [0.3, 0.4) is 0 Å². The van der Waals surface area contributed by atoms with Gasteiger partial charge in [0.2, 0.25) is 0 Å². The lowest BCUT2D eigenvalue weighted by molar-refractivity contribution is -0.132. The molecule has 1 aliphatic rings. The van der Waals surface area contributed by atoms with Crippen molar-refractivity contribution in [3.63, 3.8) is 0 Å². The maximum Gasteiger partial charge on any atom is 0.325 e. The molecule has 6 nitrogen and oxygen atoms in total. The molecule has 0 spiro atoms. The Morgan fingerprint density at radius 3 is 2.63 bits per heavy atom. The summed E-state index contributed by atoms with van der Waals surface area (Å²) in [5, 5.41) is 3.60. The van der Waals surface area contributed by atoms with Crippen molar-refractivity contribution in [2.24, 2.45) is 0 Å². The predicted molar refractivity (Wildman–Crippen MR) is 71.0 cm³/mol. The highest BCUT2D eigenvalue weighted by Gasteiger charge is 2.48. The third kappa shape index (κ3) is 2.48. The third-order valence-electron chi connectivity index (χ3n) is 3.08. The van der Waals surface area contributed by atoms with Crippen molar-refractivity contribution in [3.05, 3.63) is 15.6 Å². The van der Waals surface area contributed by atoms with Gasteiger partial charge in [-0.1, -0.05) is 0 Å². The number of thiazole rings is 1. The molecule has 1 saturated heterocycles. The number of nitrogens with zero attached hydrogens (tertiary/aromatic N) is 2. The van der Waals surface area contributed by atoms with E-state index in [0.717, 1.165) is 15.6 Å². The highest BCUT2D eigenvalue weighted by molar-refractivity contribution is 7.11. The number of methoxy groups -OCH3 is 1. The van der Waals surface area contributed by atoms with E-state index in [9.17, 15) is 9.59 Å². The summed E-state index contributed by atoms with van der Waals surface area (Å²) in [5.74, 6) is -0.259. The first-order valence-corrected chi connectivity index (χ1v) is 6.75. The number of ether oxygens (including phenoxy) is 1. The van der Waals surface area contributed by atoms with Crippen LogP contribution in [-0.4, -0.2) is 41.1 Å². The van der Waals surface area contributed by atoms with Gasteiger partial charge in [-0.15, -0.1) is 11.3 Å². The molecule has 1 aromatic rings. The molecule has 0 saturated carbocycles. The summed E-state index contributed by atoms with van der Waals surface area (Å²) in [6, 6.07) is -0.380. The second kappa shape index (κ2) is 4.90. The fourth-order valence-corrected chi connectivity index (χ4v) is 3.07. The van der Waals surface area contributed by atoms with E-state index in [0.29, 0.717) is 0 Å². The number of hydrogen-bond donors (Lipinski definition) is 1. The van der Waals surface area contributed by atoms with E-state index in [1.165, 1.54) is 23.3 Å².